The first kappa shape index (κ1) is 29.9. The first-order valence-electron chi connectivity index (χ1n) is 13.7. The Hall–Kier alpha value is -3.03. The van der Waals surface area contributed by atoms with Crippen LogP contribution in [0.2, 0.25) is 0 Å². The van der Waals surface area contributed by atoms with Crippen LogP contribution >= 0.6 is 12.4 Å². The molecular weight excluding hydrogens is 522 g/mol. The van der Waals surface area contributed by atoms with Crippen molar-refractivity contribution >= 4 is 12.4 Å². The van der Waals surface area contributed by atoms with Gasteiger partial charge >= 0.3 is 0 Å². The molecule has 210 valence electrons. The van der Waals surface area contributed by atoms with Crippen molar-refractivity contribution in [1.82, 2.24) is 5.32 Å². The summed E-state index contributed by atoms with van der Waals surface area (Å²) >= 11 is 0. The van der Waals surface area contributed by atoms with Crippen LogP contribution < -0.4 is 5.32 Å². The van der Waals surface area contributed by atoms with E-state index in [2.05, 4.69) is 53.8 Å². The number of benzene rings is 4. The fourth-order valence-corrected chi connectivity index (χ4v) is 4.85. The van der Waals surface area contributed by atoms with E-state index in [9.17, 15) is 0 Å². The van der Waals surface area contributed by atoms with E-state index in [4.69, 9.17) is 18.9 Å². The smallest absolute Gasteiger partial charge is 0.113 e. The van der Waals surface area contributed by atoms with Crippen LogP contribution in [0.3, 0.4) is 0 Å². The summed E-state index contributed by atoms with van der Waals surface area (Å²) in [5.41, 5.74) is 4.53. The van der Waals surface area contributed by atoms with Gasteiger partial charge in [-0.3, -0.25) is 0 Å². The third-order valence-corrected chi connectivity index (χ3v) is 6.95. The molecule has 40 heavy (non-hydrogen) atoms. The van der Waals surface area contributed by atoms with Gasteiger partial charge in [-0.25, -0.2) is 0 Å². The van der Waals surface area contributed by atoms with E-state index in [1.54, 1.807) is 0 Å². The average Bonchev–Trinajstić information content (AvgIpc) is 3.00. The first-order valence-corrected chi connectivity index (χ1v) is 13.7. The Labute approximate surface area is 243 Å². The highest BCUT2D eigenvalue weighted by atomic mass is 35.5. The monoisotopic (exact) mass is 559 g/mol. The van der Waals surface area contributed by atoms with Crippen LogP contribution in [0.4, 0.5) is 0 Å². The van der Waals surface area contributed by atoms with Crippen LogP contribution in [0.15, 0.2) is 121 Å². The first-order chi connectivity index (χ1) is 19.3. The molecule has 0 radical (unpaired) electrons. The molecule has 1 fully saturated rings. The van der Waals surface area contributed by atoms with Gasteiger partial charge in [-0.1, -0.05) is 121 Å². The quantitative estimate of drug-likeness (QED) is 0.207. The third-order valence-electron chi connectivity index (χ3n) is 6.95. The van der Waals surface area contributed by atoms with E-state index in [-0.39, 0.29) is 36.8 Å². The van der Waals surface area contributed by atoms with E-state index < -0.39 is 0 Å². The Morgan fingerprint density at radius 3 is 1.38 bits per heavy atom. The molecule has 5 rings (SSSR count). The summed E-state index contributed by atoms with van der Waals surface area (Å²) in [4.78, 5) is 0. The molecule has 0 unspecified atom stereocenters. The van der Waals surface area contributed by atoms with Crippen molar-refractivity contribution < 1.29 is 18.9 Å². The van der Waals surface area contributed by atoms with Crippen molar-refractivity contribution in [2.45, 2.75) is 50.8 Å². The lowest BCUT2D eigenvalue weighted by Crippen LogP contribution is -2.63. The lowest BCUT2D eigenvalue weighted by molar-refractivity contribution is -0.181. The fourth-order valence-electron chi connectivity index (χ4n) is 4.85. The normalized spacial score (nSPS) is 20.5. The number of halogens is 1. The Bertz CT molecular complexity index is 1210. The van der Waals surface area contributed by atoms with Gasteiger partial charge in [0.25, 0.3) is 0 Å². The van der Waals surface area contributed by atoms with Gasteiger partial charge in [0.15, 0.2) is 0 Å². The minimum absolute atomic E-state index is 0. The van der Waals surface area contributed by atoms with Crippen LogP contribution in [-0.2, 0) is 45.4 Å². The molecular formula is C34H38ClNO4. The summed E-state index contributed by atoms with van der Waals surface area (Å²) in [5, 5.41) is 3.65. The number of piperidine rings is 1. The van der Waals surface area contributed by atoms with Crippen molar-refractivity contribution in [3.8, 4) is 0 Å². The molecule has 0 bridgehead atoms. The predicted octanol–water partition coefficient (Wildman–Crippen LogP) is 6.35. The molecule has 5 nitrogen and oxygen atoms in total. The van der Waals surface area contributed by atoms with Crippen molar-refractivity contribution in [1.29, 1.82) is 0 Å². The van der Waals surface area contributed by atoms with Gasteiger partial charge in [0.05, 0.1) is 45.2 Å². The molecule has 0 saturated carbocycles. The maximum atomic E-state index is 6.62. The average molecular weight is 560 g/mol. The van der Waals surface area contributed by atoms with Gasteiger partial charge in [0.2, 0.25) is 0 Å². The lowest BCUT2D eigenvalue weighted by Gasteiger charge is -2.43. The van der Waals surface area contributed by atoms with Gasteiger partial charge in [-0.05, 0) is 22.3 Å². The Morgan fingerprint density at radius 2 is 0.900 bits per heavy atom. The highest BCUT2D eigenvalue weighted by Crippen LogP contribution is 2.24. The van der Waals surface area contributed by atoms with E-state index in [1.807, 2.05) is 72.8 Å². The van der Waals surface area contributed by atoms with Gasteiger partial charge in [0, 0.05) is 6.54 Å². The molecule has 4 atom stereocenters. The fraction of sp³-hybridized carbons (Fsp3) is 0.294. The van der Waals surface area contributed by atoms with Crippen LogP contribution in [0, 0.1) is 0 Å². The summed E-state index contributed by atoms with van der Waals surface area (Å²) in [6.07, 6.45) is -0.719. The van der Waals surface area contributed by atoms with Crippen LogP contribution in [0.5, 0.6) is 0 Å². The zero-order chi connectivity index (χ0) is 26.5. The van der Waals surface area contributed by atoms with Gasteiger partial charge in [0.1, 0.15) is 12.2 Å². The number of nitrogens with one attached hydrogen (secondary N) is 1. The second-order valence-corrected chi connectivity index (χ2v) is 9.87. The molecule has 0 spiro atoms. The van der Waals surface area contributed by atoms with E-state index in [0.717, 1.165) is 22.3 Å². The topological polar surface area (TPSA) is 49.0 Å². The minimum atomic E-state index is -0.274. The highest BCUT2D eigenvalue weighted by Gasteiger charge is 2.42. The molecule has 6 heteroatoms. The molecule has 1 heterocycles. The number of rotatable bonds is 13. The SMILES string of the molecule is Cl.c1ccc(COC[C@H]2NC[C@H](OCc3ccccc3)[C@@H](OCc3ccccc3)[C@@H]2OCc2ccccc2)cc1. The predicted molar refractivity (Wildman–Crippen MR) is 160 cm³/mol. The largest absolute Gasteiger partial charge is 0.375 e. The molecule has 4 aromatic carbocycles. The minimum Gasteiger partial charge on any atom is -0.375 e. The Morgan fingerprint density at radius 1 is 0.500 bits per heavy atom. The summed E-state index contributed by atoms with van der Waals surface area (Å²) in [5.74, 6) is 0. The van der Waals surface area contributed by atoms with Crippen LogP contribution in [0.25, 0.3) is 0 Å². The Balaban J connectivity index is 0.00000370. The number of ether oxygens (including phenoxy) is 4. The second kappa shape index (κ2) is 16.3. The molecule has 0 aliphatic carbocycles. The second-order valence-electron chi connectivity index (χ2n) is 9.87. The molecule has 0 amide bonds. The van der Waals surface area contributed by atoms with Crippen molar-refractivity contribution in [2.75, 3.05) is 13.2 Å². The summed E-state index contributed by atoms with van der Waals surface area (Å²) in [7, 11) is 0. The number of hydrogen-bond donors (Lipinski definition) is 1. The molecule has 0 aromatic heterocycles. The maximum absolute atomic E-state index is 6.62. The standard InChI is InChI=1S/C34H37NO4.ClH/c1-5-13-27(14-6-1)22-36-26-31-33(38-24-29-17-9-3-10-18-29)34(39-25-30-19-11-4-12-20-30)32(21-35-31)37-23-28-15-7-2-8-16-28;/h1-20,31-35H,21-26H2;1H/t31-,32+,33-,34-;/m1./s1. The van der Waals surface area contributed by atoms with Crippen molar-refractivity contribution in [3.63, 3.8) is 0 Å². The lowest BCUT2D eigenvalue weighted by atomic mass is 9.95. The summed E-state index contributed by atoms with van der Waals surface area (Å²) in [6.45, 7) is 3.19. The maximum Gasteiger partial charge on any atom is 0.113 e. The van der Waals surface area contributed by atoms with Gasteiger partial charge < -0.3 is 24.3 Å². The third kappa shape index (κ3) is 9.00. The van der Waals surface area contributed by atoms with Gasteiger partial charge in [-0.2, -0.15) is 0 Å². The molecule has 1 N–H and O–H groups in total. The molecule has 1 saturated heterocycles. The molecule has 4 aromatic rings. The summed E-state index contributed by atoms with van der Waals surface area (Å²) < 4.78 is 25.9. The van der Waals surface area contributed by atoms with Crippen LogP contribution in [-0.4, -0.2) is 37.5 Å². The zero-order valence-corrected chi connectivity index (χ0v) is 23.5. The van der Waals surface area contributed by atoms with Crippen molar-refractivity contribution in [2.24, 2.45) is 0 Å². The molecule has 1 aliphatic heterocycles. The zero-order valence-electron chi connectivity index (χ0n) is 22.6. The van der Waals surface area contributed by atoms with E-state index in [0.29, 0.717) is 39.6 Å². The van der Waals surface area contributed by atoms with Crippen molar-refractivity contribution in [3.05, 3.63) is 144 Å². The molecule has 1 aliphatic rings. The highest BCUT2D eigenvalue weighted by molar-refractivity contribution is 5.85. The van der Waals surface area contributed by atoms with Gasteiger partial charge in [-0.15, -0.1) is 12.4 Å². The van der Waals surface area contributed by atoms with Crippen LogP contribution in [0.1, 0.15) is 22.3 Å². The Kier molecular flexibility index (Phi) is 12.2. The van der Waals surface area contributed by atoms with E-state index >= 15 is 0 Å². The van der Waals surface area contributed by atoms with E-state index in [1.165, 1.54) is 0 Å². The number of hydrogen-bond acceptors (Lipinski definition) is 5. The summed E-state index contributed by atoms with van der Waals surface area (Å²) in [6, 6.07) is 41.0.